The SMILES string of the molecule is CCC1CCC2(CC1)CC(CS(=O)(=O)Cl)CCO2. The summed E-state index contributed by atoms with van der Waals surface area (Å²) in [6, 6.07) is 0. The maximum Gasteiger partial charge on any atom is 0.232 e. The van der Waals surface area contributed by atoms with Gasteiger partial charge in [-0.1, -0.05) is 13.3 Å². The van der Waals surface area contributed by atoms with Gasteiger partial charge >= 0.3 is 0 Å². The molecule has 2 rings (SSSR count). The number of halogens is 1. The lowest BCUT2D eigenvalue weighted by Crippen LogP contribution is -2.44. The molecule has 0 aromatic carbocycles. The van der Waals surface area contributed by atoms with Gasteiger partial charge in [-0.25, -0.2) is 8.42 Å². The highest BCUT2D eigenvalue weighted by Crippen LogP contribution is 2.43. The Morgan fingerprint density at radius 3 is 2.44 bits per heavy atom. The molecule has 0 N–H and O–H groups in total. The summed E-state index contributed by atoms with van der Waals surface area (Å²) < 4.78 is 28.4. The van der Waals surface area contributed by atoms with Crippen molar-refractivity contribution in [2.24, 2.45) is 11.8 Å². The van der Waals surface area contributed by atoms with Crippen LogP contribution in [0.3, 0.4) is 0 Å². The zero-order chi connectivity index (χ0) is 13.2. The van der Waals surface area contributed by atoms with Crippen molar-refractivity contribution in [1.29, 1.82) is 0 Å². The quantitative estimate of drug-likeness (QED) is 0.750. The van der Waals surface area contributed by atoms with Crippen LogP contribution in [0.4, 0.5) is 0 Å². The van der Waals surface area contributed by atoms with Crippen LogP contribution < -0.4 is 0 Å². The molecule has 0 aromatic rings. The van der Waals surface area contributed by atoms with E-state index in [4.69, 9.17) is 15.4 Å². The number of rotatable bonds is 3. The van der Waals surface area contributed by atoms with Gasteiger partial charge in [-0.3, -0.25) is 0 Å². The monoisotopic (exact) mass is 294 g/mol. The van der Waals surface area contributed by atoms with Gasteiger partial charge in [-0.2, -0.15) is 0 Å². The van der Waals surface area contributed by atoms with Crippen molar-refractivity contribution < 1.29 is 13.2 Å². The molecule has 1 aliphatic carbocycles. The van der Waals surface area contributed by atoms with Crippen molar-refractivity contribution in [3.8, 4) is 0 Å². The molecule has 0 amide bonds. The van der Waals surface area contributed by atoms with Crippen LogP contribution in [-0.2, 0) is 13.8 Å². The first-order chi connectivity index (χ1) is 8.42. The van der Waals surface area contributed by atoms with Gasteiger partial charge in [0.2, 0.25) is 9.05 Å². The second-order valence-electron chi connectivity index (χ2n) is 5.95. The zero-order valence-electron chi connectivity index (χ0n) is 11.0. The van der Waals surface area contributed by atoms with Crippen LogP contribution in [0.2, 0.25) is 0 Å². The standard InChI is InChI=1S/C13H23ClO3S/c1-2-11-3-6-13(7-4-11)9-12(5-8-17-13)10-18(14,15)16/h11-12H,2-10H2,1H3. The van der Waals surface area contributed by atoms with E-state index in [-0.39, 0.29) is 17.3 Å². The molecule has 1 spiro atoms. The first-order valence-corrected chi connectivity index (χ1v) is 9.46. The van der Waals surface area contributed by atoms with Crippen LogP contribution in [0.1, 0.15) is 51.9 Å². The fourth-order valence-electron chi connectivity index (χ4n) is 3.51. The predicted octanol–water partition coefficient (Wildman–Crippen LogP) is 3.32. The smallest absolute Gasteiger partial charge is 0.232 e. The Labute approximate surface area is 115 Å². The summed E-state index contributed by atoms with van der Waals surface area (Å²) >= 11 is 0. The summed E-state index contributed by atoms with van der Waals surface area (Å²) in [5.74, 6) is 1.12. The molecule has 2 aliphatic rings. The molecule has 1 aliphatic heterocycles. The van der Waals surface area contributed by atoms with Gasteiger partial charge in [0.05, 0.1) is 11.4 Å². The van der Waals surface area contributed by atoms with E-state index >= 15 is 0 Å². The average molecular weight is 295 g/mol. The van der Waals surface area contributed by atoms with Gasteiger partial charge in [-0.15, -0.1) is 0 Å². The van der Waals surface area contributed by atoms with E-state index in [1.165, 1.54) is 19.3 Å². The maximum atomic E-state index is 11.2. The molecule has 1 saturated carbocycles. The van der Waals surface area contributed by atoms with Gasteiger partial charge in [0, 0.05) is 17.3 Å². The summed E-state index contributed by atoms with van der Waals surface area (Å²) in [6.07, 6.45) is 7.55. The van der Waals surface area contributed by atoms with E-state index < -0.39 is 9.05 Å². The van der Waals surface area contributed by atoms with Crippen LogP contribution in [0.5, 0.6) is 0 Å². The minimum Gasteiger partial charge on any atom is -0.375 e. The average Bonchev–Trinajstić information content (AvgIpc) is 2.28. The Balaban J connectivity index is 1.94. The second-order valence-corrected chi connectivity index (χ2v) is 8.77. The molecule has 0 aromatic heterocycles. The normalized spacial score (nSPS) is 37.9. The first kappa shape index (κ1) is 14.6. The van der Waals surface area contributed by atoms with E-state index in [2.05, 4.69) is 6.92 Å². The van der Waals surface area contributed by atoms with E-state index in [0.717, 1.165) is 31.6 Å². The van der Waals surface area contributed by atoms with Crippen molar-refractivity contribution in [3.63, 3.8) is 0 Å². The molecule has 3 nitrogen and oxygen atoms in total. The van der Waals surface area contributed by atoms with Gasteiger partial charge < -0.3 is 4.74 Å². The summed E-state index contributed by atoms with van der Waals surface area (Å²) in [5.41, 5.74) is -0.0455. The van der Waals surface area contributed by atoms with Crippen molar-refractivity contribution in [2.75, 3.05) is 12.4 Å². The van der Waals surface area contributed by atoms with E-state index in [1.807, 2.05) is 0 Å². The molecule has 2 fully saturated rings. The fourth-order valence-corrected chi connectivity index (χ4v) is 4.90. The maximum absolute atomic E-state index is 11.2. The first-order valence-electron chi connectivity index (χ1n) is 6.99. The lowest BCUT2D eigenvalue weighted by molar-refractivity contribution is -0.120. The molecule has 1 atom stereocenters. The lowest BCUT2D eigenvalue weighted by Gasteiger charge is -2.45. The molecule has 1 unspecified atom stereocenters. The molecule has 0 radical (unpaired) electrons. The third-order valence-electron chi connectivity index (χ3n) is 4.62. The van der Waals surface area contributed by atoms with E-state index in [1.54, 1.807) is 0 Å². The number of hydrogen-bond donors (Lipinski definition) is 0. The van der Waals surface area contributed by atoms with Gasteiger partial charge in [0.25, 0.3) is 0 Å². The fraction of sp³-hybridized carbons (Fsp3) is 1.00. The Hall–Kier alpha value is 0.200. The predicted molar refractivity (Wildman–Crippen MR) is 73.3 cm³/mol. The minimum atomic E-state index is -3.38. The summed E-state index contributed by atoms with van der Waals surface area (Å²) in [7, 11) is 1.99. The zero-order valence-corrected chi connectivity index (χ0v) is 12.6. The van der Waals surface area contributed by atoms with Crippen LogP contribution in [0.25, 0.3) is 0 Å². The minimum absolute atomic E-state index is 0.0455. The summed E-state index contributed by atoms with van der Waals surface area (Å²) in [4.78, 5) is 0. The van der Waals surface area contributed by atoms with Crippen LogP contribution in [-0.4, -0.2) is 26.4 Å². The van der Waals surface area contributed by atoms with Crippen LogP contribution >= 0.6 is 10.7 Å². The van der Waals surface area contributed by atoms with Crippen molar-refractivity contribution in [1.82, 2.24) is 0 Å². The molecule has 1 saturated heterocycles. The summed E-state index contributed by atoms with van der Waals surface area (Å²) in [6.45, 7) is 2.93. The largest absolute Gasteiger partial charge is 0.375 e. The highest BCUT2D eigenvalue weighted by atomic mass is 35.7. The highest BCUT2D eigenvalue weighted by Gasteiger charge is 2.41. The topological polar surface area (TPSA) is 43.4 Å². The Kier molecular flexibility index (Phi) is 4.61. The van der Waals surface area contributed by atoms with Crippen molar-refractivity contribution in [2.45, 2.75) is 57.5 Å². The number of hydrogen-bond acceptors (Lipinski definition) is 3. The highest BCUT2D eigenvalue weighted by molar-refractivity contribution is 8.13. The Morgan fingerprint density at radius 2 is 1.89 bits per heavy atom. The van der Waals surface area contributed by atoms with Crippen molar-refractivity contribution in [3.05, 3.63) is 0 Å². The van der Waals surface area contributed by atoms with Gasteiger partial charge in [-0.05, 0) is 50.4 Å². The van der Waals surface area contributed by atoms with Gasteiger partial charge in [0.15, 0.2) is 0 Å². The molecular weight excluding hydrogens is 272 g/mol. The Bertz CT molecular complexity index is 372. The molecule has 18 heavy (non-hydrogen) atoms. The lowest BCUT2D eigenvalue weighted by atomic mass is 9.72. The third kappa shape index (κ3) is 3.84. The van der Waals surface area contributed by atoms with E-state index in [0.29, 0.717) is 6.61 Å². The molecule has 5 heteroatoms. The molecule has 0 bridgehead atoms. The van der Waals surface area contributed by atoms with Crippen LogP contribution in [0, 0.1) is 11.8 Å². The Morgan fingerprint density at radius 1 is 1.22 bits per heavy atom. The molecular formula is C13H23ClO3S. The van der Waals surface area contributed by atoms with E-state index in [9.17, 15) is 8.42 Å². The van der Waals surface area contributed by atoms with Crippen molar-refractivity contribution >= 4 is 19.7 Å². The third-order valence-corrected chi connectivity index (χ3v) is 5.87. The van der Waals surface area contributed by atoms with Gasteiger partial charge in [0.1, 0.15) is 0 Å². The van der Waals surface area contributed by atoms with Crippen LogP contribution in [0.15, 0.2) is 0 Å². The molecule has 1 heterocycles. The number of ether oxygens (including phenoxy) is 1. The second kappa shape index (κ2) is 5.68. The summed E-state index contributed by atoms with van der Waals surface area (Å²) in [5, 5.41) is 0. The molecule has 106 valence electrons.